The van der Waals surface area contributed by atoms with E-state index in [9.17, 15) is 10.1 Å². The molecule has 0 bridgehead atoms. The van der Waals surface area contributed by atoms with Gasteiger partial charge in [-0.1, -0.05) is 24.7 Å². The summed E-state index contributed by atoms with van der Waals surface area (Å²) in [6.45, 7) is 4.08. The molecule has 0 aliphatic rings. The number of hydrogen-bond donors (Lipinski definition) is 1. The van der Waals surface area contributed by atoms with E-state index in [0.29, 0.717) is 10.8 Å². The zero-order valence-electron chi connectivity index (χ0n) is 9.71. The Morgan fingerprint density at radius 1 is 1.71 bits per heavy atom. The van der Waals surface area contributed by atoms with Gasteiger partial charge in [0.15, 0.2) is 0 Å². The highest BCUT2D eigenvalue weighted by Gasteiger charge is 2.24. The molecular weight excluding hydrogens is 240 g/mol. The smallest absolute Gasteiger partial charge is 0.360 e. The summed E-state index contributed by atoms with van der Waals surface area (Å²) in [6.07, 6.45) is 3.66. The van der Waals surface area contributed by atoms with Crippen molar-refractivity contribution in [3.05, 3.63) is 21.7 Å². The Balaban J connectivity index is 2.35. The molecule has 0 saturated carbocycles. The van der Waals surface area contributed by atoms with Crippen LogP contribution in [-0.2, 0) is 0 Å². The van der Waals surface area contributed by atoms with Crippen LogP contribution >= 0.6 is 11.3 Å². The molecule has 6 nitrogen and oxygen atoms in total. The van der Waals surface area contributed by atoms with Crippen LogP contribution in [0.4, 0.5) is 11.6 Å². The molecule has 0 aliphatic heterocycles. The van der Waals surface area contributed by atoms with Crippen molar-refractivity contribution >= 4 is 27.9 Å². The molecule has 1 N–H and O–H groups in total. The number of nitro groups is 1. The molecular formula is C10H14N4O2S. The van der Waals surface area contributed by atoms with Gasteiger partial charge in [0.1, 0.15) is 6.20 Å². The van der Waals surface area contributed by atoms with Gasteiger partial charge in [0.05, 0.1) is 0 Å². The van der Waals surface area contributed by atoms with E-state index in [0.717, 1.165) is 12.8 Å². The number of hydrogen-bond acceptors (Lipinski definition) is 5. The molecule has 2 rings (SSSR count). The number of aromatic nitrogens is 2. The maximum absolute atomic E-state index is 11.0. The lowest BCUT2D eigenvalue weighted by Crippen LogP contribution is -2.15. The Morgan fingerprint density at radius 3 is 3.12 bits per heavy atom. The van der Waals surface area contributed by atoms with Crippen molar-refractivity contribution in [3.63, 3.8) is 0 Å². The van der Waals surface area contributed by atoms with Gasteiger partial charge in [0, 0.05) is 11.4 Å². The third kappa shape index (κ3) is 2.23. The molecule has 0 spiro atoms. The van der Waals surface area contributed by atoms with Crippen molar-refractivity contribution in [2.45, 2.75) is 32.7 Å². The van der Waals surface area contributed by atoms with Crippen molar-refractivity contribution in [1.82, 2.24) is 9.38 Å². The first-order valence-electron chi connectivity index (χ1n) is 5.50. The van der Waals surface area contributed by atoms with Crippen LogP contribution in [-0.4, -0.2) is 20.3 Å². The predicted octanol–water partition coefficient (Wildman–Crippen LogP) is 2.90. The van der Waals surface area contributed by atoms with E-state index < -0.39 is 4.92 Å². The molecule has 1 atom stereocenters. The number of fused-ring (bicyclic) bond motifs is 1. The number of nitrogens with one attached hydrogen (secondary N) is 1. The van der Waals surface area contributed by atoms with Gasteiger partial charge >= 0.3 is 5.82 Å². The standard InChI is InChI=1S/C10H14N4O2S/c1-3-4-7(2)11-8-9(14(15)16)13-5-6-17-10(13)12-8/h5-7,11H,3-4H2,1-2H3/t7-/m0/s1. The summed E-state index contributed by atoms with van der Waals surface area (Å²) in [4.78, 5) is 15.5. The molecule has 0 aliphatic carbocycles. The lowest BCUT2D eigenvalue weighted by atomic mass is 10.2. The molecule has 2 aromatic rings. The van der Waals surface area contributed by atoms with E-state index in [1.165, 1.54) is 15.7 Å². The number of anilines is 1. The van der Waals surface area contributed by atoms with Gasteiger partial charge in [0.25, 0.3) is 4.96 Å². The summed E-state index contributed by atoms with van der Waals surface area (Å²) >= 11 is 1.39. The monoisotopic (exact) mass is 254 g/mol. The molecule has 0 radical (unpaired) electrons. The third-order valence-electron chi connectivity index (χ3n) is 2.51. The summed E-state index contributed by atoms with van der Waals surface area (Å²) in [5.41, 5.74) is 0. The SMILES string of the molecule is CCC[C@H](C)Nc1nc2sccn2c1[N+](=O)[O-]. The van der Waals surface area contributed by atoms with Crippen molar-refractivity contribution in [2.24, 2.45) is 0 Å². The number of nitrogens with zero attached hydrogens (tertiary/aromatic N) is 3. The Morgan fingerprint density at radius 2 is 2.47 bits per heavy atom. The summed E-state index contributed by atoms with van der Waals surface area (Å²) in [5.74, 6) is 0.381. The molecule has 0 fully saturated rings. The minimum absolute atomic E-state index is 0.0178. The van der Waals surface area contributed by atoms with Gasteiger partial charge in [-0.3, -0.25) is 0 Å². The van der Waals surface area contributed by atoms with Crippen molar-refractivity contribution < 1.29 is 4.92 Å². The fourth-order valence-electron chi connectivity index (χ4n) is 1.78. The molecule has 7 heteroatoms. The molecule has 2 aromatic heterocycles. The van der Waals surface area contributed by atoms with Crippen LogP contribution in [0, 0.1) is 10.1 Å². The highest BCUT2D eigenvalue weighted by molar-refractivity contribution is 7.15. The second-order valence-corrected chi connectivity index (χ2v) is 4.80. The Bertz CT molecular complexity index is 533. The Labute approximate surface area is 102 Å². The van der Waals surface area contributed by atoms with E-state index >= 15 is 0 Å². The normalized spacial score (nSPS) is 12.8. The molecule has 0 aromatic carbocycles. The lowest BCUT2D eigenvalue weighted by molar-refractivity contribution is -0.389. The molecule has 92 valence electrons. The molecule has 0 saturated heterocycles. The van der Waals surface area contributed by atoms with E-state index in [-0.39, 0.29) is 11.9 Å². The Hall–Kier alpha value is -1.63. The zero-order valence-corrected chi connectivity index (χ0v) is 10.5. The number of thiazole rings is 1. The highest BCUT2D eigenvalue weighted by Crippen LogP contribution is 2.28. The van der Waals surface area contributed by atoms with Crippen LogP contribution in [0.25, 0.3) is 4.96 Å². The zero-order chi connectivity index (χ0) is 12.4. The van der Waals surface area contributed by atoms with Gasteiger partial charge in [-0.15, -0.1) is 0 Å². The first-order valence-corrected chi connectivity index (χ1v) is 6.38. The highest BCUT2D eigenvalue weighted by atomic mass is 32.1. The van der Waals surface area contributed by atoms with Crippen LogP contribution < -0.4 is 5.32 Å². The fourth-order valence-corrected chi connectivity index (χ4v) is 2.49. The topological polar surface area (TPSA) is 72.5 Å². The van der Waals surface area contributed by atoms with Crippen molar-refractivity contribution in [2.75, 3.05) is 5.32 Å². The van der Waals surface area contributed by atoms with E-state index in [4.69, 9.17) is 0 Å². The van der Waals surface area contributed by atoms with Gasteiger partial charge in [-0.05, 0) is 18.3 Å². The van der Waals surface area contributed by atoms with Crippen LogP contribution in [0.5, 0.6) is 0 Å². The maximum atomic E-state index is 11.0. The molecule has 2 heterocycles. The summed E-state index contributed by atoms with van der Waals surface area (Å²) in [6, 6.07) is 0.184. The second kappa shape index (κ2) is 4.70. The van der Waals surface area contributed by atoms with Crippen molar-refractivity contribution in [3.8, 4) is 0 Å². The number of imidazole rings is 1. The first-order chi connectivity index (χ1) is 8.13. The van der Waals surface area contributed by atoms with Gasteiger partial charge in [0.2, 0.25) is 5.82 Å². The summed E-state index contributed by atoms with van der Waals surface area (Å²) in [5, 5.41) is 15.9. The van der Waals surface area contributed by atoms with E-state index in [1.807, 2.05) is 6.92 Å². The second-order valence-electron chi connectivity index (χ2n) is 3.93. The Kier molecular flexibility index (Phi) is 3.28. The average Bonchev–Trinajstić information content (AvgIpc) is 2.76. The van der Waals surface area contributed by atoms with Gasteiger partial charge < -0.3 is 15.4 Å². The largest absolute Gasteiger partial charge is 0.372 e. The average molecular weight is 254 g/mol. The van der Waals surface area contributed by atoms with Crippen LogP contribution in [0.2, 0.25) is 0 Å². The fraction of sp³-hybridized carbons (Fsp3) is 0.500. The van der Waals surface area contributed by atoms with Crippen molar-refractivity contribution in [1.29, 1.82) is 0 Å². The van der Waals surface area contributed by atoms with Crippen LogP contribution in [0.15, 0.2) is 11.6 Å². The lowest BCUT2D eigenvalue weighted by Gasteiger charge is -2.11. The quantitative estimate of drug-likeness (QED) is 0.657. The summed E-state index contributed by atoms with van der Waals surface area (Å²) in [7, 11) is 0. The maximum Gasteiger partial charge on any atom is 0.372 e. The number of rotatable bonds is 5. The van der Waals surface area contributed by atoms with Gasteiger partial charge in [-0.25, -0.2) is 0 Å². The van der Waals surface area contributed by atoms with E-state index in [2.05, 4.69) is 17.2 Å². The van der Waals surface area contributed by atoms with Gasteiger partial charge in [-0.2, -0.15) is 9.38 Å². The molecule has 0 amide bonds. The predicted molar refractivity (Wildman–Crippen MR) is 67.7 cm³/mol. The minimum atomic E-state index is -0.395. The molecule has 17 heavy (non-hydrogen) atoms. The molecule has 0 unspecified atom stereocenters. The first kappa shape index (κ1) is 11.8. The minimum Gasteiger partial charge on any atom is -0.360 e. The van der Waals surface area contributed by atoms with Crippen LogP contribution in [0.1, 0.15) is 26.7 Å². The summed E-state index contributed by atoms with van der Waals surface area (Å²) < 4.78 is 1.51. The van der Waals surface area contributed by atoms with Crippen LogP contribution in [0.3, 0.4) is 0 Å². The third-order valence-corrected chi connectivity index (χ3v) is 3.27. The van der Waals surface area contributed by atoms with E-state index in [1.54, 1.807) is 11.6 Å².